The standard InChI is InChI=1S/C30H36FN5O4/c1-7-18-14-20(15-35-27(18)32-16-33-35)26-23(17(2)3)24-22(36(26)28(37)38)9-8-21(25(24)31)19-10-12-34(13-11-19)29(39)40-30(4,5)6/h8-9,14-17,19H,7,10-13H2,1-6H3,(H,37,38). The van der Waals surface area contributed by atoms with Crippen molar-refractivity contribution in [3.63, 3.8) is 0 Å². The molecule has 0 unspecified atom stereocenters. The number of ether oxygens (including phenoxy) is 1. The molecule has 40 heavy (non-hydrogen) atoms. The first kappa shape index (κ1) is 27.6. The third-order valence-electron chi connectivity index (χ3n) is 7.60. The van der Waals surface area contributed by atoms with Gasteiger partial charge in [0, 0.05) is 30.2 Å². The maximum Gasteiger partial charge on any atom is 0.416 e. The minimum atomic E-state index is -1.18. The molecule has 0 radical (unpaired) electrons. The minimum absolute atomic E-state index is 0.0991. The Labute approximate surface area is 232 Å². The number of halogens is 1. The quantitative estimate of drug-likeness (QED) is 0.300. The molecule has 1 aliphatic rings. The second-order valence-corrected chi connectivity index (χ2v) is 11.8. The highest BCUT2D eigenvalue weighted by atomic mass is 19.1. The summed E-state index contributed by atoms with van der Waals surface area (Å²) < 4.78 is 24.9. The molecule has 9 nitrogen and oxygen atoms in total. The van der Waals surface area contributed by atoms with E-state index in [2.05, 4.69) is 10.1 Å². The molecule has 1 aliphatic heterocycles. The summed E-state index contributed by atoms with van der Waals surface area (Å²) in [5.74, 6) is -0.651. The van der Waals surface area contributed by atoms with E-state index in [-0.39, 0.29) is 17.9 Å². The molecular formula is C30H36FN5O4. The van der Waals surface area contributed by atoms with Gasteiger partial charge in [0.2, 0.25) is 0 Å². The molecule has 0 bridgehead atoms. The Morgan fingerprint density at radius 2 is 1.90 bits per heavy atom. The highest BCUT2D eigenvalue weighted by Crippen LogP contribution is 2.43. The molecule has 1 saturated heterocycles. The number of amides is 1. The number of carboxylic acid groups (broad SMARTS) is 1. The lowest BCUT2D eigenvalue weighted by molar-refractivity contribution is 0.0204. The number of aryl methyl sites for hydroxylation is 1. The van der Waals surface area contributed by atoms with Crippen LogP contribution >= 0.6 is 0 Å². The third-order valence-corrected chi connectivity index (χ3v) is 7.60. The minimum Gasteiger partial charge on any atom is -0.464 e. The van der Waals surface area contributed by atoms with Crippen LogP contribution in [-0.4, -0.2) is 60.0 Å². The summed E-state index contributed by atoms with van der Waals surface area (Å²) in [5, 5.41) is 15.0. The van der Waals surface area contributed by atoms with Crippen LogP contribution in [0.3, 0.4) is 0 Å². The second kappa shape index (κ2) is 10.2. The fraction of sp³-hybridized carbons (Fsp3) is 0.467. The van der Waals surface area contributed by atoms with Crippen molar-refractivity contribution in [1.29, 1.82) is 0 Å². The fourth-order valence-corrected chi connectivity index (χ4v) is 5.83. The number of fused-ring (bicyclic) bond motifs is 2. The molecule has 1 N–H and O–H groups in total. The number of piperidine rings is 1. The molecule has 5 rings (SSSR count). The van der Waals surface area contributed by atoms with Gasteiger partial charge < -0.3 is 14.7 Å². The molecule has 1 fully saturated rings. The summed E-state index contributed by atoms with van der Waals surface area (Å²) in [6.45, 7) is 12.3. The number of carbonyl (C=O) groups is 2. The Hall–Kier alpha value is -3.95. The largest absolute Gasteiger partial charge is 0.464 e. The maximum atomic E-state index is 16.5. The van der Waals surface area contributed by atoms with Gasteiger partial charge in [0.05, 0.1) is 11.2 Å². The number of nitrogens with zero attached hydrogens (tertiary/aromatic N) is 5. The second-order valence-electron chi connectivity index (χ2n) is 11.8. The van der Waals surface area contributed by atoms with Gasteiger partial charge in [0.1, 0.15) is 17.7 Å². The van der Waals surface area contributed by atoms with Gasteiger partial charge in [-0.15, -0.1) is 0 Å². The zero-order valence-corrected chi connectivity index (χ0v) is 23.9. The highest BCUT2D eigenvalue weighted by Gasteiger charge is 2.32. The van der Waals surface area contributed by atoms with Gasteiger partial charge >= 0.3 is 12.2 Å². The van der Waals surface area contributed by atoms with Crippen molar-refractivity contribution in [2.75, 3.05) is 13.1 Å². The smallest absolute Gasteiger partial charge is 0.416 e. The monoisotopic (exact) mass is 549 g/mol. The van der Waals surface area contributed by atoms with E-state index in [0.29, 0.717) is 71.3 Å². The molecule has 0 aliphatic carbocycles. The van der Waals surface area contributed by atoms with Crippen molar-refractivity contribution < 1.29 is 23.8 Å². The summed E-state index contributed by atoms with van der Waals surface area (Å²) in [6, 6.07) is 5.35. The number of carbonyl (C=O) groups excluding carboxylic acids is 1. The lowest BCUT2D eigenvalue weighted by atomic mass is 9.87. The SMILES string of the molecule is CCc1cc(-c2c(C(C)C)c3c(F)c(C4CCN(C(=O)OC(C)(C)C)CC4)ccc3n2C(=O)O)cn2ncnc12. The first-order valence-corrected chi connectivity index (χ1v) is 13.8. The Bertz CT molecular complexity index is 1610. The van der Waals surface area contributed by atoms with Gasteiger partial charge in [-0.1, -0.05) is 26.8 Å². The predicted molar refractivity (Wildman–Crippen MR) is 151 cm³/mol. The van der Waals surface area contributed by atoms with E-state index in [9.17, 15) is 14.7 Å². The van der Waals surface area contributed by atoms with E-state index < -0.39 is 17.5 Å². The molecule has 1 aromatic carbocycles. The zero-order chi connectivity index (χ0) is 28.9. The van der Waals surface area contributed by atoms with Crippen molar-refractivity contribution in [2.45, 2.75) is 78.2 Å². The highest BCUT2D eigenvalue weighted by molar-refractivity contribution is 6.00. The summed E-state index contributed by atoms with van der Waals surface area (Å²) in [5.41, 5.74) is 3.65. The molecular weight excluding hydrogens is 513 g/mol. The summed E-state index contributed by atoms with van der Waals surface area (Å²) in [7, 11) is 0. The average Bonchev–Trinajstić information content (AvgIpc) is 3.50. The fourth-order valence-electron chi connectivity index (χ4n) is 5.83. The molecule has 4 aromatic rings. The van der Waals surface area contributed by atoms with Crippen molar-refractivity contribution in [1.82, 2.24) is 24.1 Å². The van der Waals surface area contributed by atoms with E-state index in [1.54, 1.807) is 27.7 Å². The normalized spacial score (nSPS) is 14.9. The lowest BCUT2D eigenvalue weighted by Crippen LogP contribution is -2.41. The first-order chi connectivity index (χ1) is 18.9. The van der Waals surface area contributed by atoms with Crippen molar-refractivity contribution in [2.24, 2.45) is 0 Å². The van der Waals surface area contributed by atoms with Crippen molar-refractivity contribution >= 4 is 28.7 Å². The van der Waals surface area contributed by atoms with Crippen LogP contribution in [-0.2, 0) is 11.2 Å². The molecule has 3 aromatic heterocycles. The van der Waals surface area contributed by atoms with Crippen LogP contribution in [0.5, 0.6) is 0 Å². The lowest BCUT2D eigenvalue weighted by Gasteiger charge is -2.33. The topological polar surface area (TPSA) is 102 Å². The van der Waals surface area contributed by atoms with Crippen LogP contribution in [0.1, 0.15) is 82.9 Å². The number of hydrogen-bond acceptors (Lipinski definition) is 5. The number of benzene rings is 1. The molecule has 10 heteroatoms. The maximum absolute atomic E-state index is 16.5. The van der Waals surface area contributed by atoms with Gasteiger partial charge in [-0.3, -0.25) is 0 Å². The molecule has 212 valence electrons. The summed E-state index contributed by atoms with van der Waals surface area (Å²) in [6.07, 6.45) is 3.55. The van der Waals surface area contributed by atoms with Gasteiger partial charge in [0.15, 0.2) is 5.65 Å². The molecule has 0 atom stereocenters. The van der Waals surface area contributed by atoms with Crippen LogP contribution in [0.2, 0.25) is 0 Å². The summed E-state index contributed by atoms with van der Waals surface area (Å²) >= 11 is 0. The van der Waals surface area contributed by atoms with E-state index in [0.717, 1.165) is 5.56 Å². The Morgan fingerprint density at radius 3 is 2.50 bits per heavy atom. The molecule has 0 spiro atoms. The van der Waals surface area contributed by atoms with Crippen molar-refractivity contribution in [3.8, 4) is 11.3 Å². The number of rotatable bonds is 4. The number of likely N-dealkylation sites (tertiary alicyclic amines) is 1. The molecule has 0 saturated carbocycles. The van der Waals surface area contributed by atoms with Gasteiger partial charge in [-0.05, 0) is 80.7 Å². The van der Waals surface area contributed by atoms with Crippen molar-refractivity contribution in [3.05, 3.63) is 53.2 Å². The van der Waals surface area contributed by atoms with Gasteiger partial charge in [-0.25, -0.2) is 28.0 Å². The average molecular weight is 550 g/mol. The third kappa shape index (κ3) is 4.80. The molecule has 4 heterocycles. The van der Waals surface area contributed by atoms with Crippen LogP contribution < -0.4 is 0 Å². The number of pyridine rings is 1. The van der Waals surface area contributed by atoms with Gasteiger partial charge in [-0.2, -0.15) is 5.10 Å². The Morgan fingerprint density at radius 1 is 1.20 bits per heavy atom. The van der Waals surface area contributed by atoms with E-state index >= 15 is 4.39 Å². The van der Waals surface area contributed by atoms with Crippen LogP contribution in [0.4, 0.5) is 14.0 Å². The first-order valence-electron chi connectivity index (χ1n) is 13.8. The van der Waals surface area contributed by atoms with Crippen LogP contribution in [0.15, 0.2) is 30.7 Å². The Kier molecular flexibility index (Phi) is 7.06. The number of hydrogen-bond donors (Lipinski definition) is 1. The van der Waals surface area contributed by atoms with E-state index in [1.807, 2.05) is 47.6 Å². The summed E-state index contributed by atoms with van der Waals surface area (Å²) in [4.78, 5) is 31.2. The van der Waals surface area contributed by atoms with Gasteiger partial charge in [0.25, 0.3) is 0 Å². The Balaban J connectivity index is 1.61. The molecule has 1 amide bonds. The number of aromatic nitrogens is 4. The van der Waals surface area contributed by atoms with E-state index in [4.69, 9.17) is 4.74 Å². The van der Waals surface area contributed by atoms with Crippen LogP contribution in [0, 0.1) is 5.82 Å². The predicted octanol–water partition coefficient (Wildman–Crippen LogP) is 6.82. The van der Waals surface area contributed by atoms with Crippen LogP contribution in [0.25, 0.3) is 27.8 Å². The van der Waals surface area contributed by atoms with E-state index in [1.165, 1.54) is 10.9 Å². The zero-order valence-electron chi connectivity index (χ0n) is 23.9.